The van der Waals surface area contributed by atoms with Crippen LogP contribution in [0.3, 0.4) is 0 Å². The van der Waals surface area contributed by atoms with Crippen LogP contribution in [-0.2, 0) is 16.0 Å². The summed E-state index contributed by atoms with van der Waals surface area (Å²) >= 11 is 3.02. The molecule has 4 nitrogen and oxygen atoms in total. The fourth-order valence-corrected chi connectivity index (χ4v) is 3.98. The van der Waals surface area contributed by atoms with Gasteiger partial charge in [-0.3, -0.25) is 10.1 Å². The Kier molecular flexibility index (Phi) is 5.50. The predicted octanol–water partition coefficient (Wildman–Crippen LogP) is 4.75. The minimum atomic E-state index is -0.635. The standard InChI is InChI=1S/C19H19N3OS2/c1-19(2,15-11-7-4-8-12-15)16(23)20-17-21-22-18(25-17)24-13-14-9-5-3-6-10-14/h3-12H,13H2,1-2H3,(H,20,21,23). The number of amides is 1. The molecule has 0 spiro atoms. The molecule has 0 unspecified atom stereocenters. The van der Waals surface area contributed by atoms with Crippen LogP contribution in [0.2, 0.25) is 0 Å². The Balaban J connectivity index is 1.62. The maximum absolute atomic E-state index is 12.6. The molecule has 1 amide bonds. The molecule has 0 fully saturated rings. The van der Waals surface area contributed by atoms with Crippen molar-refractivity contribution in [2.75, 3.05) is 5.32 Å². The van der Waals surface area contributed by atoms with Gasteiger partial charge < -0.3 is 0 Å². The molecular formula is C19H19N3OS2. The second kappa shape index (κ2) is 7.80. The molecule has 1 aromatic heterocycles. The van der Waals surface area contributed by atoms with Crippen molar-refractivity contribution >= 4 is 34.1 Å². The van der Waals surface area contributed by atoms with Gasteiger partial charge >= 0.3 is 0 Å². The number of nitrogens with zero attached hydrogens (tertiary/aromatic N) is 2. The van der Waals surface area contributed by atoms with Gasteiger partial charge in [0.25, 0.3) is 0 Å². The highest BCUT2D eigenvalue weighted by atomic mass is 32.2. The van der Waals surface area contributed by atoms with Crippen molar-refractivity contribution in [1.29, 1.82) is 0 Å². The Hall–Kier alpha value is -2.18. The predicted molar refractivity (Wildman–Crippen MR) is 104 cm³/mol. The summed E-state index contributed by atoms with van der Waals surface area (Å²) in [4.78, 5) is 12.6. The van der Waals surface area contributed by atoms with Gasteiger partial charge in [0.05, 0.1) is 5.41 Å². The number of carbonyl (C=O) groups is 1. The molecule has 6 heteroatoms. The van der Waals surface area contributed by atoms with E-state index in [2.05, 4.69) is 27.6 Å². The number of aromatic nitrogens is 2. The molecule has 3 aromatic rings. The molecule has 0 saturated heterocycles. The molecule has 0 radical (unpaired) electrons. The third kappa shape index (κ3) is 4.46. The second-order valence-corrected chi connectivity index (χ2v) is 8.29. The number of carbonyl (C=O) groups excluding carboxylic acids is 1. The van der Waals surface area contributed by atoms with Gasteiger partial charge in [-0.25, -0.2) is 0 Å². The minimum Gasteiger partial charge on any atom is -0.300 e. The Bertz CT molecular complexity index is 832. The highest BCUT2D eigenvalue weighted by molar-refractivity contribution is 8.00. The van der Waals surface area contributed by atoms with Crippen LogP contribution in [0.4, 0.5) is 5.13 Å². The van der Waals surface area contributed by atoms with Crippen LogP contribution in [0, 0.1) is 0 Å². The fraction of sp³-hybridized carbons (Fsp3) is 0.211. The molecule has 0 aliphatic rings. The zero-order valence-corrected chi connectivity index (χ0v) is 15.7. The quantitative estimate of drug-likeness (QED) is 0.503. The second-order valence-electron chi connectivity index (χ2n) is 6.09. The van der Waals surface area contributed by atoms with Crippen LogP contribution < -0.4 is 5.32 Å². The van der Waals surface area contributed by atoms with Crippen molar-refractivity contribution in [2.45, 2.75) is 29.4 Å². The largest absolute Gasteiger partial charge is 0.300 e. The highest BCUT2D eigenvalue weighted by Gasteiger charge is 2.30. The maximum Gasteiger partial charge on any atom is 0.236 e. The van der Waals surface area contributed by atoms with Crippen molar-refractivity contribution in [3.8, 4) is 0 Å². The number of anilines is 1. The first-order chi connectivity index (χ1) is 12.1. The van der Waals surface area contributed by atoms with E-state index in [0.717, 1.165) is 15.7 Å². The van der Waals surface area contributed by atoms with Gasteiger partial charge in [0.2, 0.25) is 11.0 Å². The van der Waals surface area contributed by atoms with Gasteiger partial charge in [-0.05, 0) is 25.0 Å². The first-order valence-electron chi connectivity index (χ1n) is 7.93. The number of hydrogen-bond donors (Lipinski definition) is 1. The molecule has 3 rings (SSSR count). The van der Waals surface area contributed by atoms with Crippen molar-refractivity contribution in [3.05, 3.63) is 71.8 Å². The Morgan fingerprint density at radius 2 is 1.68 bits per heavy atom. The van der Waals surface area contributed by atoms with Crippen LogP contribution >= 0.6 is 23.1 Å². The van der Waals surface area contributed by atoms with Gasteiger partial charge in [0, 0.05) is 5.75 Å². The first kappa shape index (κ1) is 17.6. The van der Waals surface area contributed by atoms with E-state index < -0.39 is 5.41 Å². The number of thioether (sulfide) groups is 1. The molecular weight excluding hydrogens is 350 g/mol. The van der Waals surface area contributed by atoms with E-state index in [-0.39, 0.29) is 5.91 Å². The van der Waals surface area contributed by atoms with Crippen molar-refractivity contribution in [3.63, 3.8) is 0 Å². The average Bonchev–Trinajstić information content (AvgIpc) is 3.09. The molecule has 0 aliphatic heterocycles. The van der Waals surface area contributed by atoms with Crippen LogP contribution in [0.15, 0.2) is 65.0 Å². The van der Waals surface area contributed by atoms with Gasteiger partial charge in [0.1, 0.15) is 0 Å². The maximum atomic E-state index is 12.6. The first-order valence-corrected chi connectivity index (χ1v) is 9.73. The van der Waals surface area contributed by atoms with E-state index in [4.69, 9.17) is 0 Å². The summed E-state index contributed by atoms with van der Waals surface area (Å²) < 4.78 is 0.844. The van der Waals surface area contributed by atoms with Gasteiger partial charge in [-0.15, -0.1) is 10.2 Å². The smallest absolute Gasteiger partial charge is 0.236 e. The number of nitrogens with one attached hydrogen (secondary N) is 1. The summed E-state index contributed by atoms with van der Waals surface area (Å²) in [6.07, 6.45) is 0. The van der Waals surface area contributed by atoms with E-state index in [1.165, 1.54) is 16.9 Å². The van der Waals surface area contributed by atoms with Crippen molar-refractivity contribution < 1.29 is 4.79 Å². The SMILES string of the molecule is CC(C)(C(=O)Nc1nnc(SCc2ccccc2)s1)c1ccccc1. The lowest BCUT2D eigenvalue weighted by Gasteiger charge is -2.23. The Morgan fingerprint density at radius 1 is 1.04 bits per heavy atom. The van der Waals surface area contributed by atoms with Gasteiger partial charge in [-0.2, -0.15) is 0 Å². The van der Waals surface area contributed by atoms with E-state index >= 15 is 0 Å². The van der Waals surface area contributed by atoms with E-state index in [9.17, 15) is 4.79 Å². The minimum absolute atomic E-state index is 0.0885. The van der Waals surface area contributed by atoms with Crippen molar-refractivity contribution in [1.82, 2.24) is 10.2 Å². The van der Waals surface area contributed by atoms with E-state index in [1.54, 1.807) is 11.8 Å². The van der Waals surface area contributed by atoms with Crippen LogP contribution in [0.1, 0.15) is 25.0 Å². The lowest BCUT2D eigenvalue weighted by Crippen LogP contribution is -2.34. The number of hydrogen-bond acceptors (Lipinski definition) is 5. The van der Waals surface area contributed by atoms with Crippen molar-refractivity contribution in [2.24, 2.45) is 0 Å². The topological polar surface area (TPSA) is 54.9 Å². The molecule has 25 heavy (non-hydrogen) atoms. The lowest BCUT2D eigenvalue weighted by molar-refractivity contribution is -0.120. The van der Waals surface area contributed by atoms with Gasteiger partial charge in [-0.1, -0.05) is 83.8 Å². The lowest BCUT2D eigenvalue weighted by atomic mass is 9.84. The Labute approximate surface area is 155 Å². The Morgan fingerprint density at radius 3 is 2.36 bits per heavy atom. The third-order valence-corrected chi connectivity index (χ3v) is 5.94. The van der Waals surface area contributed by atoms with Crippen LogP contribution in [0.5, 0.6) is 0 Å². The number of benzene rings is 2. The summed E-state index contributed by atoms with van der Waals surface area (Å²) in [6.45, 7) is 3.81. The molecule has 0 aliphatic carbocycles. The molecule has 2 aromatic carbocycles. The fourth-order valence-electron chi connectivity index (χ4n) is 2.28. The number of rotatable bonds is 6. The monoisotopic (exact) mass is 369 g/mol. The van der Waals surface area contributed by atoms with Crippen LogP contribution in [-0.4, -0.2) is 16.1 Å². The molecule has 0 saturated carbocycles. The van der Waals surface area contributed by atoms with E-state index in [0.29, 0.717) is 5.13 Å². The average molecular weight is 370 g/mol. The highest BCUT2D eigenvalue weighted by Crippen LogP contribution is 2.30. The zero-order valence-electron chi connectivity index (χ0n) is 14.1. The molecule has 128 valence electrons. The zero-order chi connectivity index (χ0) is 17.7. The molecule has 1 N–H and O–H groups in total. The summed E-state index contributed by atoms with van der Waals surface area (Å²) in [5.74, 6) is 0.744. The molecule has 0 atom stereocenters. The molecule has 0 bridgehead atoms. The molecule has 1 heterocycles. The summed E-state index contributed by atoms with van der Waals surface area (Å²) in [5, 5.41) is 11.7. The summed E-state index contributed by atoms with van der Waals surface area (Å²) in [5.41, 5.74) is 1.57. The third-order valence-electron chi connectivity index (χ3n) is 3.90. The van der Waals surface area contributed by atoms with Crippen LogP contribution in [0.25, 0.3) is 0 Å². The summed E-state index contributed by atoms with van der Waals surface area (Å²) in [7, 11) is 0. The normalized spacial score (nSPS) is 11.3. The van der Waals surface area contributed by atoms with Gasteiger partial charge in [0.15, 0.2) is 4.34 Å². The van der Waals surface area contributed by atoms with E-state index in [1.807, 2.05) is 62.4 Å². The summed E-state index contributed by atoms with van der Waals surface area (Å²) in [6, 6.07) is 19.9.